The summed E-state index contributed by atoms with van der Waals surface area (Å²) in [6.45, 7) is 0. The van der Waals surface area contributed by atoms with Gasteiger partial charge in [-0.05, 0) is 12.8 Å². The van der Waals surface area contributed by atoms with Gasteiger partial charge in [-0.3, -0.25) is 4.79 Å². The molecule has 0 aliphatic heterocycles. The van der Waals surface area contributed by atoms with E-state index in [2.05, 4.69) is 10.2 Å². The lowest BCUT2D eigenvalue weighted by Gasteiger charge is -1.95. The van der Waals surface area contributed by atoms with Crippen LogP contribution < -0.4 is 5.63 Å². The molecular weight excluding hydrogens is 188 g/mol. The summed E-state index contributed by atoms with van der Waals surface area (Å²) in [6.07, 6.45) is 1.46. The van der Waals surface area contributed by atoms with Gasteiger partial charge in [-0.1, -0.05) is 0 Å². The van der Waals surface area contributed by atoms with Crippen molar-refractivity contribution in [3.63, 3.8) is 0 Å². The number of nitrogens with zero attached hydrogens (tertiary/aromatic N) is 2. The van der Waals surface area contributed by atoms with E-state index in [1.54, 1.807) is 0 Å². The first-order valence-corrected chi connectivity index (χ1v) is 4.25. The Bertz CT molecular complexity index is 422. The highest BCUT2D eigenvalue weighted by molar-refractivity contribution is 5.69. The zero-order valence-corrected chi connectivity index (χ0v) is 7.27. The average Bonchev–Trinajstić information content (AvgIpc) is 2.90. The van der Waals surface area contributed by atoms with Crippen LogP contribution in [-0.2, 0) is 11.2 Å². The molecule has 1 N–H and O–H groups in total. The van der Waals surface area contributed by atoms with E-state index in [0.717, 1.165) is 12.8 Å². The van der Waals surface area contributed by atoms with Crippen molar-refractivity contribution in [2.24, 2.45) is 0 Å². The second-order valence-electron chi connectivity index (χ2n) is 3.22. The van der Waals surface area contributed by atoms with Crippen LogP contribution in [0.4, 0.5) is 0 Å². The average molecular weight is 196 g/mol. The Morgan fingerprint density at radius 1 is 1.50 bits per heavy atom. The summed E-state index contributed by atoms with van der Waals surface area (Å²) in [5.41, 5.74) is -0.841. The van der Waals surface area contributed by atoms with Gasteiger partial charge in [0.2, 0.25) is 5.89 Å². The molecule has 2 rings (SSSR count). The maximum Gasteiger partial charge on any atom is 0.361 e. The molecule has 0 radical (unpaired) electrons. The highest BCUT2D eigenvalue weighted by Crippen LogP contribution is 2.37. The predicted molar refractivity (Wildman–Crippen MR) is 43.9 cm³/mol. The van der Waals surface area contributed by atoms with Crippen LogP contribution in [-0.4, -0.2) is 21.3 Å². The number of carbonyl (C=O) groups is 1. The Kier molecular flexibility index (Phi) is 2.03. The normalized spacial score (nSPS) is 15.4. The summed E-state index contributed by atoms with van der Waals surface area (Å²) >= 11 is 0. The molecule has 0 spiro atoms. The molecule has 6 nitrogen and oxygen atoms in total. The van der Waals surface area contributed by atoms with Crippen molar-refractivity contribution in [3.05, 3.63) is 22.0 Å². The molecule has 1 aliphatic rings. The third-order valence-electron chi connectivity index (χ3n) is 1.95. The standard InChI is InChI=1S/C8H8N2O4/c11-6(12)3-5-8(13)14-7(10-9-5)4-1-2-4/h4H,1-3H2,(H,11,12). The second-order valence-corrected chi connectivity index (χ2v) is 3.22. The lowest BCUT2D eigenvalue weighted by atomic mass is 10.3. The molecule has 1 aliphatic carbocycles. The van der Waals surface area contributed by atoms with Crippen molar-refractivity contribution in [1.82, 2.24) is 10.2 Å². The Morgan fingerprint density at radius 3 is 2.71 bits per heavy atom. The first-order chi connectivity index (χ1) is 6.66. The molecular formula is C8H8N2O4. The predicted octanol–water partition coefficient (Wildman–Crippen LogP) is -0.0657. The van der Waals surface area contributed by atoms with Crippen LogP contribution >= 0.6 is 0 Å². The minimum Gasteiger partial charge on any atom is -0.481 e. The van der Waals surface area contributed by atoms with E-state index in [0.29, 0.717) is 5.89 Å². The fourth-order valence-corrected chi connectivity index (χ4v) is 1.07. The third-order valence-corrected chi connectivity index (χ3v) is 1.95. The molecule has 1 heterocycles. The minimum atomic E-state index is -1.12. The second kappa shape index (κ2) is 3.21. The molecule has 74 valence electrons. The molecule has 0 aromatic carbocycles. The number of hydrogen-bond donors (Lipinski definition) is 1. The fourth-order valence-electron chi connectivity index (χ4n) is 1.07. The Labute approximate surface area is 78.6 Å². The van der Waals surface area contributed by atoms with E-state index in [1.165, 1.54) is 0 Å². The highest BCUT2D eigenvalue weighted by atomic mass is 16.4. The summed E-state index contributed by atoms with van der Waals surface area (Å²) in [5, 5.41) is 15.7. The molecule has 1 aromatic rings. The van der Waals surface area contributed by atoms with Gasteiger partial charge in [-0.25, -0.2) is 4.79 Å². The Morgan fingerprint density at radius 2 is 2.21 bits per heavy atom. The van der Waals surface area contributed by atoms with Crippen LogP contribution in [0.25, 0.3) is 0 Å². The van der Waals surface area contributed by atoms with Gasteiger partial charge < -0.3 is 9.52 Å². The van der Waals surface area contributed by atoms with Crippen LogP contribution in [0, 0.1) is 0 Å². The smallest absolute Gasteiger partial charge is 0.361 e. The molecule has 0 amide bonds. The van der Waals surface area contributed by atoms with Gasteiger partial charge in [0.15, 0.2) is 5.69 Å². The van der Waals surface area contributed by atoms with Gasteiger partial charge in [0.1, 0.15) is 0 Å². The van der Waals surface area contributed by atoms with E-state index in [4.69, 9.17) is 9.52 Å². The number of carboxylic acid groups (broad SMARTS) is 1. The van der Waals surface area contributed by atoms with E-state index in [-0.39, 0.29) is 11.6 Å². The van der Waals surface area contributed by atoms with Gasteiger partial charge in [-0.2, -0.15) is 0 Å². The number of aliphatic carboxylic acids is 1. The lowest BCUT2D eigenvalue weighted by Crippen LogP contribution is -2.17. The molecule has 0 atom stereocenters. The summed E-state index contributed by atoms with van der Waals surface area (Å²) in [7, 11) is 0. The van der Waals surface area contributed by atoms with Crippen molar-refractivity contribution in [2.75, 3.05) is 0 Å². The van der Waals surface area contributed by atoms with Crippen LogP contribution in [0.1, 0.15) is 30.3 Å². The summed E-state index contributed by atoms with van der Waals surface area (Å²) in [4.78, 5) is 21.5. The van der Waals surface area contributed by atoms with Crippen LogP contribution in [0.15, 0.2) is 9.21 Å². The van der Waals surface area contributed by atoms with Crippen LogP contribution in [0.5, 0.6) is 0 Å². The van der Waals surface area contributed by atoms with Gasteiger partial charge in [0.25, 0.3) is 0 Å². The van der Waals surface area contributed by atoms with Gasteiger partial charge >= 0.3 is 11.6 Å². The van der Waals surface area contributed by atoms with E-state index < -0.39 is 18.0 Å². The Hall–Kier alpha value is -1.72. The van der Waals surface area contributed by atoms with Crippen molar-refractivity contribution in [2.45, 2.75) is 25.2 Å². The molecule has 0 bridgehead atoms. The third kappa shape index (κ3) is 1.78. The maximum atomic E-state index is 11.2. The highest BCUT2D eigenvalue weighted by Gasteiger charge is 2.29. The van der Waals surface area contributed by atoms with Crippen molar-refractivity contribution in [3.8, 4) is 0 Å². The summed E-state index contributed by atoms with van der Waals surface area (Å²) < 4.78 is 4.84. The molecule has 0 saturated heterocycles. The molecule has 1 aromatic heterocycles. The molecule has 1 saturated carbocycles. The zero-order valence-electron chi connectivity index (χ0n) is 7.27. The van der Waals surface area contributed by atoms with Gasteiger partial charge in [-0.15, -0.1) is 10.2 Å². The Balaban J connectivity index is 2.26. The van der Waals surface area contributed by atoms with Crippen molar-refractivity contribution >= 4 is 5.97 Å². The first kappa shape index (κ1) is 8.86. The number of carboxylic acids is 1. The molecule has 0 unspecified atom stereocenters. The van der Waals surface area contributed by atoms with Crippen LogP contribution in [0.2, 0.25) is 0 Å². The molecule has 6 heteroatoms. The largest absolute Gasteiger partial charge is 0.481 e. The fraction of sp³-hybridized carbons (Fsp3) is 0.500. The number of hydrogen-bond acceptors (Lipinski definition) is 5. The molecule has 1 fully saturated rings. The summed E-state index contributed by atoms with van der Waals surface area (Å²) in [5.74, 6) is -0.594. The quantitative estimate of drug-likeness (QED) is 0.727. The van der Waals surface area contributed by atoms with E-state index in [9.17, 15) is 9.59 Å². The first-order valence-electron chi connectivity index (χ1n) is 4.25. The van der Waals surface area contributed by atoms with Gasteiger partial charge in [0.05, 0.1) is 6.42 Å². The SMILES string of the molecule is O=C(O)Cc1nnc(C2CC2)oc1=O. The zero-order chi connectivity index (χ0) is 10.1. The number of rotatable bonds is 3. The van der Waals surface area contributed by atoms with Crippen molar-refractivity contribution in [1.29, 1.82) is 0 Å². The van der Waals surface area contributed by atoms with Gasteiger partial charge in [0, 0.05) is 5.92 Å². The summed E-state index contributed by atoms with van der Waals surface area (Å²) in [6, 6.07) is 0. The number of aromatic nitrogens is 2. The molecule has 14 heavy (non-hydrogen) atoms. The van der Waals surface area contributed by atoms with E-state index in [1.807, 2.05) is 0 Å². The monoisotopic (exact) mass is 196 g/mol. The van der Waals surface area contributed by atoms with Crippen molar-refractivity contribution < 1.29 is 14.3 Å². The minimum absolute atomic E-state index is 0.151. The lowest BCUT2D eigenvalue weighted by molar-refractivity contribution is -0.136. The van der Waals surface area contributed by atoms with Crippen LogP contribution in [0.3, 0.4) is 0 Å². The topological polar surface area (TPSA) is 93.3 Å². The van der Waals surface area contributed by atoms with E-state index >= 15 is 0 Å². The maximum absolute atomic E-state index is 11.2.